The zero-order valence-electron chi connectivity index (χ0n) is 10.4. The minimum atomic E-state index is 0.337. The van der Waals surface area contributed by atoms with Crippen LogP contribution in [0.1, 0.15) is 40.0 Å². The number of nitrogens with one attached hydrogen (secondary N) is 2. The molecule has 2 aliphatic rings. The fourth-order valence-electron chi connectivity index (χ4n) is 2.09. The third kappa shape index (κ3) is 3.10. The van der Waals surface area contributed by atoms with E-state index in [0.29, 0.717) is 6.17 Å². The van der Waals surface area contributed by atoms with Crippen LogP contribution in [-0.2, 0) is 0 Å². The molecule has 0 saturated carbocycles. The van der Waals surface area contributed by atoms with E-state index in [-0.39, 0.29) is 0 Å². The maximum Gasteiger partial charge on any atom is 0.0959 e. The summed E-state index contributed by atoms with van der Waals surface area (Å²) in [4.78, 5) is 0. The van der Waals surface area contributed by atoms with Crippen molar-refractivity contribution in [1.82, 2.24) is 10.6 Å². The van der Waals surface area contributed by atoms with E-state index in [1.807, 2.05) is 20.9 Å². The molecule has 1 aliphatic carbocycles. The molecule has 2 atom stereocenters. The van der Waals surface area contributed by atoms with Gasteiger partial charge >= 0.3 is 0 Å². The monoisotopic (exact) mass is 208 g/mol. The number of hydrogen-bond donors (Lipinski definition) is 2. The lowest BCUT2D eigenvalue weighted by Gasteiger charge is -2.30. The standard InChI is InChI=1S/C11H18N2.C2H6/c1-8-3-4-9-5-6-11(12-2)13-10(9)7-8;1-2/h5-6,8,11-13H,3-4,7H2,1-2H3;1-2H3. The second kappa shape index (κ2) is 5.96. The molecule has 0 saturated heterocycles. The van der Waals surface area contributed by atoms with Crippen molar-refractivity contribution in [2.24, 2.45) is 5.92 Å². The van der Waals surface area contributed by atoms with Crippen molar-refractivity contribution in [2.75, 3.05) is 7.05 Å². The molecule has 2 heteroatoms. The largest absolute Gasteiger partial charge is 0.370 e. The van der Waals surface area contributed by atoms with Crippen molar-refractivity contribution in [1.29, 1.82) is 0 Å². The summed E-state index contributed by atoms with van der Waals surface area (Å²) in [5.74, 6) is 0.843. The zero-order valence-corrected chi connectivity index (χ0v) is 10.4. The summed E-state index contributed by atoms with van der Waals surface area (Å²) in [5.41, 5.74) is 2.98. The molecular weight excluding hydrogens is 184 g/mol. The van der Waals surface area contributed by atoms with Gasteiger partial charge in [0.25, 0.3) is 0 Å². The highest BCUT2D eigenvalue weighted by atomic mass is 15.1. The first-order valence-corrected chi connectivity index (χ1v) is 6.13. The molecule has 0 aromatic heterocycles. The smallest absolute Gasteiger partial charge is 0.0959 e. The van der Waals surface area contributed by atoms with Gasteiger partial charge < -0.3 is 5.32 Å². The summed E-state index contributed by atoms with van der Waals surface area (Å²) in [7, 11) is 1.99. The zero-order chi connectivity index (χ0) is 11.3. The molecule has 15 heavy (non-hydrogen) atoms. The molecule has 1 aliphatic heterocycles. The highest BCUT2D eigenvalue weighted by molar-refractivity contribution is 5.32. The van der Waals surface area contributed by atoms with Crippen molar-refractivity contribution < 1.29 is 0 Å². The first kappa shape index (κ1) is 12.3. The topological polar surface area (TPSA) is 24.1 Å². The van der Waals surface area contributed by atoms with Gasteiger partial charge in [0.1, 0.15) is 0 Å². The van der Waals surface area contributed by atoms with Crippen LogP contribution in [0.4, 0.5) is 0 Å². The van der Waals surface area contributed by atoms with E-state index in [1.54, 1.807) is 0 Å². The molecule has 2 unspecified atom stereocenters. The number of allylic oxidation sites excluding steroid dienone is 3. The molecule has 2 nitrogen and oxygen atoms in total. The molecule has 0 aromatic rings. The lowest BCUT2D eigenvalue weighted by Crippen LogP contribution is -2.41. The second-order valence-corrected chi connectivity index (χ2v) is 4.12. The van der Waals surface area contributed by atoms with Crippen LogP contribution in [0.2, 0.25) is 0 Å². The summed E-state index contributed by atoms with van der Waals surface area (Å²) >= 11 is 0. The van der Waals surface area contributed by atoms with Crippen LogP contribution in [0.15, 0.2) is 23.4 Å². The molecular formula is C13H24N2. The maximum absolute atomic E-state index is 3.52. The van der Waals surface area contributed by atoms with Gasteiger partial charge in [-0.05, 0) is 43.9 Å². The number of rotatable bonds is 1. The van der Waals surface area contributed by atoms with E-state index in [1.165, 1.54) is 30.5 Å². The third-order valence-corrected chi connectivity index (χ3v) is 2.98. The van der Waals surface area contributed by atoms with Crippen molar-refractivity contribution >= 4 is 0 Å². The molecule has 0 spiro atoms. The van der Waals surface area contributed by atoms with Crippen LogP contribution in [0.5, 0.6) is 0 Å². The number of dihydropyridines is 1. The quantitative estimate of drug-likeness (QED) is 0.692. The van der Waals surface area contributed by atoms with E-state index < -0.39 is 0 Å². The molecule has 0 radical (unpaired) electrons. The minimum absolute atomic E-state index is 0.337. The van der Waals surface area contributed by atoms with Crippen LogP contribution in [0, 0.1) is 5.92 Å². The highest BCUT2D eigenvalue weighted by Crippen LogP contribution is 2.30. The van der Waals surface area contributed by atoms with Crippen molar-refractivity contribution in [3.05, 3.63) is 23.4 Å². The van der Waals surface area contributed by atoms with Crippen LogP contribution < -0.4 is 10.6 Å². The van der Waals surface area contributed by atoms with Gasteiger partial charge in [-0.3, -0.25) is 5.32 Å². The van der Waals surface area contributed by atoms with E-state index in [9.17, 15) is 0 Å². The van der Waals surface area contributed by atoms with E-state index in [4.69, 9.17) is 0 Å². The molecule has 0 bridgehead atoms. The van der Waals surface area contributed by atoms with Gasteiger partial charge in [0, 0.05) is 5.70 Å². The van der Waals surface area contributed by atoms with Crippen LogP contribution in [0.3, 0.4) is 0 Å². The second-order valence-electron chi connectivity index (χ2n) is 4.12. The first-order valence-electron chi connectivity index (χ1n) is 6.13. The predicted molar refractivity (Wildman–Crippen MR) is 66.5 cm³/mol. The summed E-state index contributed by atoms with van der Waals surface area (Å²) in [6, 6.07) is 0. The molecule has 2 N–H and O–H groups in total. The third-order valence-electron chi connectivity index (χ3n) is 2.98. The minimum Gasteiger partial charge on any atom is -0.370 e. The normalized spacial score (nSPS) is 28.8. The lowest BCUT2D eigenvalue weighted by molar-refractivity contribution is 0.450. The van der Waals surface area contributed by atoms with Gasteiger partial charge in [-0.25, -0.2) is 0 Å². The average Bonchev–Trinajstić information content (AvgIpc) is 2.30. The van der Waals surface area contributed by atoms with Gasteiger partial charge in [-0.1, -0.05) is 26.8 Å². The fourth-order valence-corrected chi connectivity index (χ4v) is 2.09. The van der Waals surface area contributed by atoms with Gasteiger partial charge in [0.05, 0.1) is 6.17 Å². The van der Waals surface area contributed by atoms with Crippen LogP contribution in [-0.4, -0.2) is 13.2 Å². The number of likely N-dealkylation sites (N-methyl/N-ethyl adjacent to an activating group) is 1. The Morgan fingerprint density at radius 1 is 1.40 bits per heavy atom. The average molecular weight is 208 g/mol. The van der Waals surface area contributed by atoms with Gasteiger partial charge in [-0.2, -0.15) is 0 Å². The van der Waals surface area contributed by atoms with Crippen molar-refractivity contribution in [2.45, 2.75) is 46.2 Å². The molecule has 1 heterocycles. The molecule has 2 rings (SSSR count). The molecule has 0 amide bonds. The maximum atomic E-state index is 3.52. The Labute approximate surface area is 93.8 Å². The van der Waals surface area contributed by atoms with Gasteiger partial charge in [0.15, 0.2) is 0 Å². The first-order chi connectivity index (χ1) is 7.29. The Kier molecular flexibility index (Phi) is 4.89. The molecule has 86 valence electrons. The van der Waals surface area contributed by atoms with Gasteiger partial charge in [-0.15, -0.1) is 0 Å². The van der Waals surface area contributed by atoms with E-state index >= 15 is 0 Å². The summed E-state index contributed by atoms with van der Waals surface area (Å²) in [5, 5.41) is 6.74. The van der Waals surface area contributed by atoms with Crippen molar-refractivity contribution in [3.8, 4) is 0 Å². The van der Waals surface area contributed by atoms with E-state index in [0.717, 1.165) is 5.92 Å². The molecule has 0 aromatic carbocycles. The summed E-state index contributed by atoms with van der Waals surface area (Å²) in [6.45, 7) is 6.33. The predicted octanol–water partition coefficient (Wildman–Crippen LogP) is 2.79. The summed E-state index contributed by atoms with van der Waals surface area (Å²) < 4.78 is 0. The Morgan fingerprint density at radius 3 is 2.80 bits per heavy atom. The van der Waals surface area contributed by atoms with Crippen LogP contribution >= 0.6 is 0 Å². The van der Waals surface area contributed by atoms with Gasteiger partial charge in [0.2, 0.25) is 0 Å². The number of hydrogen-bond acceptors (Lipinski definition) is 2. The Balaban J connectivity index is 0.000000531. The summed E-state index contributed by atoms with van der Waals surface area (Å²) in [6.07, 6.45) is 8.63. The molecule has 0 fully saturated rings. The van der Waals surface area contributed by atoms with E-state index in [2.05, 4.69) is 29.7 Å². The Morgan fingerprint density at radius 2 is 2.13 bits per heavy atom. The fraction of sp³-hybridized carbons (Fsp3) is 0.692. The van der Waals surface area contributed by atoms with Crippen LogP contribution in [0.25, 0.3) is 0 Å². The Bertz CT molecular complexity index is 253. The highest BCUT2D eigenvalue weighted by Gasteiger charge is 2.20. The Hall–Kier alpha value is -0.760. The SMILES string of the molecule is CC.CNC1C=CC2=C(CC(C)CC2)N1. The lowest BCUT2D eigenvalue weighted by atomic mass is 9.87. The van der Waals surface area contributed by atoms with Crippen molar-refractivity contribution in [3.63, 3.8) is 0 Å².